The van der Waals surface area contributed by atoms with Crippen molar-refractivity contribution in [3.8, 4) is 0 Å². The number of allylic oxidation sites excluding steroid dienone is 2. The first-order chi connectivity index (χ1) is 12.6. The molecule has 0 radical (unpaired) electrons. The van der Waals surface area contributed by atoms with Gasteiger partial charge in [0, 0.05) is 18.7 Å². The summed E-state index contributed by atoms with van der Waals surface area (Å²) in [7, 11) is 0. The van der Waals surface area contributed by atoms with Crippen LogP contribution in [0.2, 0.25) is 0 Å². The summed E-state index contributed by atoms with van der Waals surface area (Å²) in [6, 6.07) is 10.1. The molecule has 2 fully saturated rings. The van der Waals surface area contributed by atoms with Gasteiger partial charge in [0.2, 0.25) is 5.91 Å². The lowest BCUT2D eigenvalue weighted by Gasteiger charge is -2.40. The van der Waals surface area contributed by atoms with Crippen LogP contribution in [0, 0.1) is 17.3 Å². The average Bonchev–Trinajstić information content (AvgIpc) is 2.97. The molecular formula is C21H24N2O3. The second-order valence-electron chi connectivity index (χ2n) is 7.74. The molecule has 1 heterocycles. The summed E-state index contributed by atoms with van der Waals surface area (Å²) < 4.78 is 0. The Hall–Kier alpha value is -2.40. The first-order valence-corrected chi connectivity index (χ1v) is 9.29. The van der Waals surface area contributed by atoms with E-state index in [1.807, 2.05) is 35.3 Å². The zero-order valence-corrected chi connectivity index (χ0v) is 14.7. The van der Waals surface area contributed by atoms with Gasteiger partial charge in [-0.15, -0.1) is 0 Å². The molecule has 26 heavy (non-hydrogen) atoms. The van der Waals surface area contributed by atoms with Gasteiger partial charge in [0.25, 0.3) is 5.91 Å². The molecule has 2 amide bonds. The fraction of sp³-hybridized carbons (Fsp3) is 0.429. The Labute approximate surface area is 153 Å². The van der Waals surface area contributed by atoms with Crippen LogP contribution in [0.25, 0.3) is 0 Å². The van der Waals surface area contributed by atoms with E-state index in [-0.39, 0.29) is 17.2 Å². The summed E-state index contributed by atoms with van der Waals surface area (Å²) in [5.41, 5.74) is 3.13. The molecule has 4 rings (SSSR count). The van der Waals surface area contributed by atoms with Gasteiger partial charge < -0.3 is 4.90 Å². The highest BCUT2D eigenvalue weighted by atomic mass is 16.5. The quantitative estimate of drug-likeness (QED) is 0.649. The van der Waals surface area contributed by atoms with Gasteiger partial charge in [0.05, 0.1) is 5.41 Å². The van der Waals surface area contributed by atoms with Crippen molar-refractivity contribution in [3.05, 3.63) is 59.7 Å². The number of fused-ring (bicyclic) bond motifs is 1. The number of benzene rings is 1. The van der Waals surface area contributed by atoms with E-state index in [4.69, 9.17) is 5.21 Å². The first-order valence-electron chi connectivity index (χ1n) is 9.29. The van der Waals surface area contributed by atoms with Gasteiger partial charge in [-0.3, -0.25) is 14.8 Å². The molecule has 1 saturated heterocycles. The van der Waals surface area contributed by atoms with Gasteiger partial charge in [-0.1, -0.05) is 48.6 Å². The van der Waals surface area contributed by atoms with Crippen LogP contribution in [0.5, 0.6) is 0 Å². The lowest BCUT2D eigenvalue weighted by molar-refractivity contribution is -0.139. The number of hydroxylamine groups is 1. The van der Waals surface area contributed by atoms with Crippen molar-refractivity contribution in [3.63, 3.8) is 0 Å². The molecule has 1 aliphatic heterocycles. The smallest absolute Gasteiger partial charge is 0.274 e. The second-order valence-corrected chi connectivity index (χ2v) is 7.74. The Kier molecular flexibility index (Phi) is 4.41. The van der Waals surface area contributed by atoms with Crippen molar-refractivity contribution in [2.24, 2.45) is 17.3 Å². The summed E-state index contributed by atoms with van der Waals surface area (Å²) >= 11 is 0. The number of nitrogens with one attached hydrogen (secondary N) is 1. The fourth-order valence-corrected chi connectivity index (χ4v) is 4.78. The fourth-order valence-electron chi connectivity index (χ4n) is 4.78. The number of amides is 2. The van der Waals surface area contributed by atoms with E-state index >= 15 is 0 Å². The highest BCUT2D eigenvalue weighted by Crippen LogP contribution is 2.50. The lowest BCUT2D eigenvalue weighted by Crippen LogP contribution is -2.40. The minimum atomic E-state index is -0.467. The number of hydrogen-bond acceptors (Lipinski definition) is 3. The Morgan fingerprint density at radius 3 is 2.81 bits per heavy atom. The molecular weight excluding hydrogens is 328 g/mol. The van der Waals surface area contributed by atoms with E-state index in [0.717, 1.165) is 32.2 Å². The van der Waals surface area contributed by atoms with E-state index in [0.29, 0.717) is 18.0 Å². The number of carbonyl (C=O) groups is 2. The standard InChI is InChI=1S/C21H24N2O3/c24-19(22-26)17-6-7-18-13-21(9-8-16(18)12-17)10-11-23(20(21)25)14-15-4-2-1-3-5-15/h1-7,12,16,18,26H,8-11,13-14H2,(H,22,24)/t16?,18?,21-/m0/s1. The summed E-state index contributed by atoms with van der Waals surface area (Å²) in [5, 5.41) is 8.81. The van der Waals surface area contributed by atoms with Gasteiger partial charge in [-0.05, 0) is 43.1 Å². The largest absolute Gasteiger partial charge is 0.338 e. The predicted octanol–water partition coefficient (Wildman–Crippen LogP) is 2.82. The van der Waals surface area contributed by atoms with Crippen LogP contribution in [0.3, 0.4) is 0 Å². The lowest BCUT2D eigenvalue weighted by atomic mass is 9.63. The predicted molar refractivity (Wildman–Crippen MR) is 96.9 cm³/mol. The van der Waals surface area contributed by atoms with Gasteiger partial charge >= 0.3 is 0 Å². The minimum absolute atomic E-state index is 0.245. The molecule has 1 spiro atoms. The SMILES string of the molecule is O=C(NO)C1=CC2CC[C@]3(CCN(Cc4ccccc4)C3=O)CC2C=C1. The van der Waals surface area contributed by atoms with Gasteiger partial charge in [-0.25, -0.2) is 5.48 Å². The molecule has 2 unspecified atom stereocenters. The Morgan fingerprint density at radius 1 is 1.23 bits per heavy atom. The minimum Gasteiger partial charge on any atom is -0.338 e. The van der Waals surface area contributed by atoms with E-state index in [2.05, 4.69) is 12.1 Å². The van der Waals surface area contributed by atoms with Crippen molar-refractivity contribution in [2.45, 2.75) is 32.2 Å². The number of carbonyl (C=O) groups excluding carboxylic acids is 2. The highest BCUT2D eigenvalue weighted by molar-refractivity contribution is 5.95. The summed E-state index contributed by atoms with van der Waals surface area (Å²) in [4.78, 5) is 26.8. The molecule has 1 aromatic carbocycles. The van der Waals surface area contributed by atoms with Crippen LogP contribution < -0.4 is 5.48 Å². The van der Waals surface area contributed by atoms with E-state index in [1.165, 1.54) is 5.56 Å². The maximum absolute atomic E-state index is 13.2. The van der Waals surface area contributed by atoms with Crippen molar-refractivity contribution in [2.75, 3.05) is 6.54 Å². The third-order valence-electron chi connectivity index (χ3n) is 6.23. The second kappa shape index (κ2) is 6.72. The van der Waals surface area contributed by atoms with Crippen molar-refractivity contribution in [1.82, 2.24) is 10.4 Å². The van der Waals surface area contributed by atoms with E-state index in [1.54, 1.807) is 11.6 Å². The normalized spacial score (nSPS) is 30.3. The van der Waals surface area contributed by atoms with Crippen LogP contribution >= 0.6 is 0 Å². The molecule has 5 nitrogen and oxygen atoms in total. The molecule has 0 bridgehead atoms. The van der Waals surface area contributed by atoms with Crippen molar-refractivity contribution in [1.29, 1.82) is 0 Å². The Bertz CT molecular complexity index is 771. The highest BCUT2D eigenvalue weighted by Gasteiger charge is 2.50. The molecule has 2 aliphatic carbocycles. The van der Waals surface area contributed by atoms with Gasteiger partial charge in [0.1, 0.15) is 0 Å². The van der Waals surface area contributed by atoms with E-state index in [9.17, 15) is 9.59 Å². The molecule has 1 aromatic rings. The monoisotopic (exact) mass is 352 g/mol. The van der Waals surface area contributed by atoms with Crippen LogP contribution in [0.15, 0.2) is 54.1 Å². The van der Waals surface area contributed by atoms with Crippen LogP contribution in [-0.2, 0) is 16.1 Å². The number of likely N-dealkylation sites (tertiary alicyclic amines) is 1. The number of hydrogen-bond donors (Lipinski definition) is 2. The number of rotatable bonds is 3. The summed E-state index contributed by atoms with van der Waals surface area (Å²) in [6.45, 7) is 1.51. The molecule has 0 aromatic heterocycles. The number of nitrogens with zero attached hydrogens (tertiary/aromatic N) is 1. The van der Waals surface area contributed by atoms with E-state index < -0.39 is 5.91 Å². The van der Waals surface area contributed by atoms with Crippen LogP contribution in [0.1, 0.15) is 31.2 Å². The van der Waals surface area contributed by atoms with Crippen LogP contribution in [-0.4, -0.2) is 28.5 Å². The van der Waals surface area contributed by atoms with Crippen LogP contribution in [0.4, 0.5) is 0 Å². The molecule has 136 valence electrons. The molecule has 3 aliphatic rings. The third kappa shape index (κ3) is 2.97. The third-order valence-corrected chi connectivity index (χ3v) is 6.23. The Morgan fingerprint density at radius 2 is 2.04 bits per heavy atom. The summed E-state index contributed by atoms with van der Waals surface area (Å²) in [6.07, 6.45) is 9.31. The molecule has 1 saturated carbocycles. The topological polar surface area (TPSA) is 69.6 Å². The van der Waals surface area contributed by atoms with Gasteiger partial charge in [-0.2, -0.15) is 0 Å². The molecule has 5 heteroatoms. The zero-order chi connectivity index (χ0) is 18.1. The van der Waals surface area contributed by atoms with Crippen molar-refractivity contribution < 1.29 is 14.8 Å². The average molecular weight is 352 g/mol. The molecule has 2 N–H and O–H groups in total. The van der Waals surface area contributed by atoms with Gasteiger partial charge in [0.15, 0.2) is 0 Å². The maximum atomic E-state index is 13.2. The zero-order valence-electron chi connectivity index (χ0n) is 14.7. The summed E-state index contributed by atoms with van der Waals surface area (Å²) in [5.74, 6) is 0.385. The first kappa shape index (κ1) is 17.0. The Balaban J connectivity index is 1.45. The maximum Gasteiger partial charge on any atom is 0.274 e. The molecule has 3 atom stereocenters. The van der Waals surface area contributed by atoms with Crippen molar-refractivity contribution >= 4 is 11.8 Å².